The number of aliphatic carboxylic acids is 1. The molecule has 0 saturated heterocycles. The van der Waals surface area contributed by atoms with Gasteiger partial charge in [-0.05, 0) is 55.4 Å². The van der Waals surface area contributed by atoms with E-state index in [0.717, 1.165) is 30.6 Å². The molecule has 1 aromatic carbocycles. The average Bonchev–Trinajstić information content (AvgIpc) is 2.57. The molecule has 1 aliphatic carbocycles. The Balaban J connectivity index is 0.00000288. The summed E-state index contributed by atoms with van der Waals surface area (Å²) in [6.45, 7) is 2.29. The van der Waals surface area contributed by atoms with Gasteiger partial charge < -0.3 is 19.5 Å². The molecular weight excluding hydrogens is 317 g/mol. The molecule has 0 aromatic heterocycles. The number of ether oxygens (including phenoxy) is 1. The van der Waals surface area contributed by atoms with Gasteiger partial charge in [0.15, 0.2) is 0 Å². The third-order valence-electron chi connectivity index (χ3n) is 4.41. The summed E-state index contributed by atoms with van der Waals surface area (Å²) in [4.78, 5) is 24.8. The third-order valence-corrected chi connectivity index (χ3v) is 4.41. The first kappa shape index (κ1) is 21.0. The van der Waals surface area contributed by atoms with Crippen LogP contribution in [0.3, 0.4) is 0 Å². The van der Waals surface area contributed by atoms with E-state index in [9.17, 15) is 14.7 Å². The Bertz CT molecular complexity index is 576. The minimum atomic E-state index is -1.07. The maximum absolute atomic E-state index is 12.4. The topological polar surface area (TPSA) is 69.7 Å². The number of benzene rings is 1. The molecule has 0 bridgehead atoms. The second-order valence-corrected chi connectivity index (χ2v) is 5.89. The van der Waals surface area contributed by atoms with Crippen LogP contribution in [0.1, 0.15) is 56.2 Å². The normalized spacial score (nSPS) is 15.8. The maximum Gasteiger partial charge on any atom is 1.00 e. The first-order chi connectivity index (χ1) is 11.1. The first-order valence-electron chi connectivity index (χ1n) is 8.23. The zero-order valence-corrected chi connectivity index (χ0v) is 16.8. The van der Waals surface area contributed by atoms with Gasteiger partial charge in [0.25, 0.3) is 0 Å². The summed E-state index contributed by atoms with van der Waals surface area (Å²) < 4.78 is 5.28. The van der Waals surface area contributed by atoms with Crippen LogP contribution in [-0.2, 0) is 16.0 Å². The summed E-state index contributed by atoms with van der Waals surface area (Å²) in [5.41, 5.74) is 2.38. The molecule has 126 valence electrons. The molecule has 1 amide bonds. The van der Waals surface area contributed by atoms with Gasteiger partial charge in [-0.1, -0.05) is 13.0 Å². The molecule has 0 spiro atoms. The Morgan fingerprint density at radius 3 is 2.75 bits per heavy atom. The van der Waals surface area contributed by atoms with Gasteiger partial charge in [0.05, 0.1) is 13.2 Å². The number of carbonyl (C=O) groups is 2. The fourth-order valence-corrected chi connectivity index (χ4v) is 3.27. The van der Waals surface area contributed by atoms with Crippen LogP contribution in [0.4, 0.5) is 0 Å². The molecule has 1 aromatic rings. The van der Waals surface area contributed by atoms with Crippen molar-refractivity contribution in [2.45, 2.75) is 51.5 Å². The summed E-state index contributed by atoms with van der Waals surface area (Å²) >= 11 is 0. The zero-order valence-electron chi connectivity index (χ0n) is 14.8. The Morgan fingerprint density at radius 2 is 2.12 bits per heavy atom. The van der Waals surface area contributed by atoms with Crippen LogP contribution in [0.5, 0.6) is 5.75 Å². The van der Waals surface area contributed by atoms with Gasteiger partial charge in [-0.25, -0.2) is 0 Å². The van der Waals surface area contributed by atoms with Crippen molar-refractivity contribution in [1.29, 1.82) is 0 Å². The molecule has 24 heavy (non-hydrogen) atoms. The summed E-state index contributed by atoms with van der Waals surface area (Å²) in [5, 5.41) is 10.6. The van der Waals surface area contributed by atoms with Crippen LogP contribution in [0, 0.1) is 0 Å². The van der Waals surface area contributed by atoms with E-state index in [1.54, 1.807) is 7.11 Å². The molecule has 1 aliphatic rings. The van der Waals surface area contributed by atoms with Crippen molar-refractivity contribution in [2.75, 3.05) is 13.7 Å². The fourth-order valence-electron chi connectivity index (χ4n) is 3.27. The molecule has 0 fully saturated rings. The number of fused-ring (bicyclic) bond motifs is 1. The minimum absolute atomic E-state index is 0. The summed E-state index contributed by atoms with van der Waals surface area (Å²) in [5.74, 6) is -0.172. The smallest absolute Gasteiger partial charge is 0.550 e. The van der Waals surface area contributed by atoms with E-state index in [0.29, 0.717) is 19.4 Å². The molecule has 6 heteroatoms. The van der Waals surface area contributed by atoms with Crippen molar-refractivity contribution in [1.82, 2.24) is 4.90 Å². The van der Waals surface area contributed by atoms with Crippen molar-refractivity contribution in [2.24, 2.45) is 0 Å². The van der Waals surface area contributed by atoms with Gasteiger partial charge in [0.1, 0.15) is 5.75 Å². The molecule has 0 aliphatic heterocycles. The van der Waals surface area contributed by atoms with Crippen LogP contribution < -0.4 is 39.4 Å². The van der Waals surface area contributed by atoms with Crippen LogP contribution in [-0.4, -0.2) is 30.4 Å². The Hall–Kier alpha value is -1.04. The van der Waals surface area contributed by atoms with E-state index in [2.05, 4.69) is 0 Å². The van der Waals surface area contributed by atoms with Gasteiger partial charge in [0, 0.05) is 18.9 Å². The monoisotopic (exact) mass is 341 g/mol. The molecule has 0 N–H and O–H groups in total. The van der Waals surface area contributed by atoms with Gasteiger partial charge >= 0.3 is 29.6 Å². The van der Waals surface area contributed by atoms with Gasteiger partial charge in [-0.2, -0.15) is 0 Å². The molecule has 1 atom stereocenters. The number of rotatable bonds is 7. The quantitative estimate of drug-likeness (QED) is 0.587. The number of aryl methyl sites for hydroxylation is 1. The number of amides is 1. The van der Waals surface area contributed by atoms with E-state index >= 15 is 0 Å². The Morgan fingerprint density at radius 1 is 1.38 bits per heavy atom. The fraction of sp³-hybridized carbons (Fsp3) is 0.556. The second kappa shape index (κ2) is 10.1. The Kier molecular flexibility index (Phi) is 8.81. The zero-order chi connectivity index (χ0) is 16.8. The van der Waals surface area contributed by atoms with Gasteiger partial charge in [-0.3, -0.25) is 4.79 Å². The van der Waals surface area contributed by atoms with Crippen molar-refractivity contribution < 1.29 is 49.0 Å². The molecule has 0 heterocycles. The van der Waals surface area contributed by atoms with Crippen molar-refractivity contribution in [3.8, 4) is 5.75 Å². The SMILES string of the molecule is CCC(=O)N(CCCC(=O)[O-])C1CCCc2cc(OC)ccc21.[Na+]. The molecular formula is C18H24NNaO4. The largest absolute Gasteiger partial charge is 1.00 e. The molecule has 1 unspecified atom stereocenters. The number of carbonyl (C=O) groups excluding carboxylic acids is 2. The van der Waals surface area contributed by atoms with E-state index in [-0.39, 0.29) is 47.9 Å². The summed E-state index contributed by atoms with van der Waals surface area (Å²) in [7, 11) is 1.65. The number of hydrogen-bond acceptors (Lipinski definition) is 4. The van der Waals surface area contributed by atoms with Crippen LogP contribution in [0.2, 0.25) is 0 Å². The van der Waals surface area contributed by atoms with Crippen molar-refractivity contribution in [3.63, 3.8) is 0 Å². The van der Waals surface area contributed by atoms with Crippen LogP contribution in [0.25, 0.3) is 0 Å². The predicted octanol–water partition coefficient (Wildman–Crippen LogP) is -1.15. The van der Waals surface area contributed by atoms with E-state index in [1.165, 1.54) is 5.56 Å². The van der Waals surface area contributed by atoms with Gasteiger partial charge in [0.2, 0.25) is 5.91 Å². The van der Waals surface area contributed by atoms with Gasteiger partial charge in [-0.15, -0.1) is 0 Å². The van der Waals surface area contributed by atoms with Crippen LogP contribution >= 0.6 is 0 Å². The molecule has 2 rings (SSSR count). The first-order valence-corrected chi connectivity index (χ1v) is 8.23. The molecule has 5 nitrogen and oxygen atoms in total. The number of carboxylic acids is 1. The molecule has 0 saturated carbocycles. The van der Waals surface area contributed by atoms with Crippen LogP contribution in [0.15, 0.2) is 18.2 Å². The Labute approximate surface area is 165 Å². The molecule has 0 radical (unpaired) electrons. The second-order valence-electron chi connectivity index (χ2n) is 5.89. The minimum Gasteiger partial charge on any atom is -0.550 e. The van der Waals surface area contributed by atoms with E-state index in [4.69, 9.17) is 4.74 Å². The summed E-state index contributed by atoms with van der Waals surface area (Å²) in [6, 6.07) is 6.02. The summed E-state index contributed by atoms with van der Waals surface area (Å²) in [6.07, 6.45) is 3.74. The standard InChI is InChI=1S/C18H25NO4.Na/c1-3-17(20)19(11-5-8-18(21)22)16-7-4-6-13-12-14(23-2)9-10-15(13)16;/h9-10,12,16H,3-8,11H2,1-2H3,(H,21,22);/q;+1/p-1. The average molecular weight is 341 g/mol. The number of carboxylic acid groups (broad SMARTS) is 1. The predicted molar refractivity (Wildman–Crippen MR) is 84.9 cm³/mol. The van der Waals surface area contributed by atoms with Crippen molar-refractivity contribution >= 4 is 11.9 Å². The maximum atomic E-state index is 12.4. The number of hydrogen-bond donors (Lipinski definition) is 0. The number of methoxy groups -OCH3 is 1. The van der Waals surface area contributed by atoms with Crippen molar-refractivity contribution in [3.05, 3.63) is 29.3 Å². The van der Waals surface area contributed by atoms with E-state index < -0.39 is 5.97 Å². The third kappa shape index (κ3) is 5.23. The number of nitrogens with zero attached hydrogens (tertiary/aromatic N) is 1. The van der Waals surface area contributed by atoms with E-state index in [1.807, 2.05) is 30.0 Å².